The normalized spacial score (nSPS) is 15.3. The Balaban J connectivity index is 1.86. The van der Waals surface area contributed by atoms with Crippen molar-refractivity contribution in [1.82, 2.24) is 0 Å². The summed E-state index contributed by atoms with van der Waals surface area (Å²) in [6, 6.07) is 14.1. The Kier molecular flexibility index (Phi) is 4.37. The third-order valence-corrected chi connectivity index (χ3v) is 4.78. The zero-order chi connectivity index (χ0) is 16.4. The maximum Gasteiger partial charge on any atom is 0.258 e. The molecule has 0 N–H and O–H groups in total. The molecule has 0 bridgehead atoms. The number of hydrogen-bond acceptors (Lipinski definition) is 2. The molecule has 0 aliphatic carbocycles. The lowest BCUT2D eigenvalue weighted by molar-refractivity contribution is 0.0980. The second kappa shape index (κ2) is 6.45. The van der Waals surface area contributed by atoms with Gasteiger partial charge in [-0.1, -0.05) is 26.0 Å². The second-order valence-electron chi connectivity index (χ2n) is 6.13. The topological polar surface area (TPSA) is 29.5 Å². The van der Waals surface area contributed by atoms with Crippen molar-refractivity contribution in [3.8, 4) is 5.75 Å². The van der Waals surface area contributed by atoms with E-state index in [9.17, 15) is 4.79 Å². The third kappa shape index (κ3) is 2.96. The zero-order valence-electron chi connectivity index (χ0n) is 14.0. The van der Waals surface area contributed by atoms with Crippen LogP contribution in [0.5, 0.6) is 5.75 Å². The Morgan fingerprint density at radius 3 is 2.57 bits per heavy atom. The molecule has 1 aliphatic rings. The van der Waals surface area contributed by atoms with Gasteiger partial charge in [-0.2, -0.15) is 0 Å². The van der Waals surface area contributed by atoms with Gasteiger partial charge in [0.25, 0.3) is 5.91 Å². The standard InChI is InChI=1S/C20H23NO2/c1-4-14(2)15-5-7-17(8-6-15)21-12-11-16-13-18(23-3)9-10-19(16)20(21)22/h5-10,13-14H,4,11-12H2,1-3H3/t14-/m0/s1. The SMILES string of the molecule is CC[C@H](C)c1ccc(N2CCc3cc(OC)ccc3C2=O)cc1. The summed E-state index contributed by atoms with van der Waals surface area (Å²) in [6.45, 7) is 5.13. The number of ether oxygens (including phenoxy) is 1. The van der Waals surface area contributed by atoms with Crippen LogP contribution in [0, 0.1) is 0 Å². The Labute approximate surface area is 137 Å². The molecule has 2 aromatic carbocycles. The lowest BCUT2D eigenvalue weighted by atomic mass is 9.96. The maximum atomic E-state index is 12.8. The number of fused-ring (bicyclic) bond motifs is 1. The summed E-state index contributed by atoms with van der Waals surface area (Å²) < 4.78 is 5.25. The summed E-state index contributed by atoms with van der Waals surface area (Å²) in [5.74, 6) is 1.43. The molecule has 3 rings (SSSR count). The second-order valence-corrected chi connectivity index (χ2v) is 6.13. The predicted molar refractivity (Wildman–Crippen MR) is 93.5 cm³/mol. The van der Waals surface area contributed by atoms with Crippen LogP contribution in [0.3, 0.4) is 0 Å². The highest BCUT2D eigenvalue weighted by Crippen LogP contribution is 2.28. The van der Waals surface area contributed by atoms with E-state index in [4.69, 9.17) is 4.74 Å². The van der Waals surface area contributed by atoms with Crippen LogP contribution in [0.2, 0.25) is 0 Å². The molecule has 0 saturated heterocycles. The number of amides is 1. The number of carbonyl (C=O) groups is 1. The zero-order valence-corrected chi connectivity index (χ0v) is 14.0. The molecule has 0 radical (unpaired) electrons. The van der Waals surface area contributed by atoms with Crippen LogP contribution < -0.4 is 9.64 Å². The van der Waals surface area contributed by atoms with Gasteiger partial charge in [-0.15, -0.1) is 0 Å². The van der Waals surface area contributed by atoms with Crippen LogP contribution in [0.15, 0.2) is 42.5 Å². The van der Waals surface area contributed by atoms with Gasteiger partial charge in [0.2, 0.25) is 0 Å². The minimum absolute atomic E-state index is 0.0743. The Bertz CT molecular complexity index is 706. The quantitative estimate of drug-likeness (QED) is 0.837. The first kappa shape index (κ1) is 15.6. The number of rotatable bonds is 4. The molecule has 23 heavy (non-hydrogen) atoms. The van der Waals surface area contributed by atoms with Crippen molar-refractivity contribution in [1.29, 1.82) is 0 Å². The highest BCUT2D eigenvalue weighted by molar-refractivity contribution is 6.08. The summed E-state index contributed by atoms with van der Waals surface area (Å²) in [5.41, 5.74) is 4.15. The maximum absolute atomic E-state index is 12.8. The Morgan fingerprint density at radius 1 is 1.17 bits per heavy atom. The van der Waals surface area contributed by atoms with Crippen molar-refractivity contribution in [2.24, 2.45) is 0 Å². The van der Waals surface area contributed by atoms with Gasteiger partial charge in [-0.25, -0.2) is 0 Å². The minimum atomic E-state index is 0.0743. The molecule has 1 amide bonds. The fraction of sp³-hybridized carbons (Fsp3) is 0.350. The number of hydrogen-bond donors (Lipinski definition) is 0. The summed E-state index contributed by atoms with van der Waals surface area (Å²) in [7, 11) is 1.65. The van der Waals surface area contributed by atoms with Gasteiger partial charge in [0, 0.05) is 17.8 Å². The molecule has 0 unspecified atom stereocenters. The van der Waals surface area contributed by atoms with Gasteiger partial charge in [-0.3, -0.25) is 4.79 Å². The number of carbonyl (C=O) groups excluding carboxylic acids is 1. The smallest absolute Gasteiger partial charge is 0.258 e. The monoisotopic (exact) mass is 309 g/mol. The predicted octanol–water partition coefficient (Wildman–Crippen LogP) is 4.41. The van der Waals surface area contributed by atoms with Crippen LogP contribution in [0.1, 0.15) is 47.7 Å². The largest absolute Gasteiger partial charge is 0.497 e. The van der Waals surface area contributed by atoms with Gasteiger partial charge < -0.3 is 9.64 Å². The highest BCUT2D eigenvalue weighted by Gasteiger charge is 2.25. The van der Waals surface area contributed by atoms with Crippen molar-refractivity contribution in [3.63, 3.8) is 0 Å². The van der Waals surface area contributed by atoms with Crippen LogP contribution in [0.4, 0.5) is 5.69 Å². The molecule has 120 valence electrons. The Morgan fingerprint density at radius 2 is 1.91 bits per heavy atom. The molecular weight excluding hydrogens is 286 g/mol. The van der Waals surface area contributed by atoms with Crippen molar-refractivity contribution in [2.75, 3.05) is 18.6 Å². The molecule has 1 aliphatic heterocycles. The molecule has 0 aromatic heterocycles. The molecule has 0 fully saturated rings. The van der Waals surface area contributed by atoms with Crippen molar-refractivity contribution in [2.45, 2.75) is 32.6 Å². The van der Waals surface area contributed by atoms with Crippen molar-refractivity contribution >= 4 is 11.6 Å². The molecular formula is C20H23NO2. The van der Waals surface area contributed by atoms with E-state index >= 15 is 0 Å². The number of nitrogens with zero attached hydrogens (tertiary/aromatic N) is 1. The molecule has 0 spiro atoms. The van der Waals surface area contributed by atoms with E-state index < -0.39 is 0 Å². The molecule has 3 nitrogen and oxygen atoms in total. The fourth-order valence-corrected chi connectivity index (χ4v) is 3.06. The first-order valence-electron chi connectivity index (χ1n) is 8.22. The van der Waals surface area contributed by atoms with Gasteiger partial charge in [0.15, 0.2) is 0 Å². The van der Waals surface area contributed by atoms with Gasteiger partial charge >= 0.3 is 0 Å². The summed E-state index contributed by atoms with van der Waals surface area (Å²) >= 11 is 0. The lowest BCUT2D eigenvalue weighted by Gasteiger charge is -2.29. The van der Waals surface area contributed by atoms with Crippen molar-refractivity contribution in [3.05, 3.63) is 59.2 Å². The minimum Gasteiger partial charge on any atom is -0.497 e. The van der Waals surface area contributed by atoms with E-state index in [2.05, 4.69) is 38.1 Å². The Hall–Kier alpha value is -2.29. The van der Waals surface area contributed by atoms with Gasteiger partial charge in [-0.05, 0) is 60.2 Å². The number of anilines is 1. The number of benzene rings is 2. The van der Waals surface area contributed by atoms with Crippen LogP contribution in [-0.2, 0) is 6.42 Å². The van der Waals surface area contributed by atoms with Crippen molar-refractivity contribution < 1.29 is 9.53 Å². The van der Waals surface area contributed by atoms with E-state index in [-0.39, 0.29) is 5.91 Å². The van der Waals surface area contributed by atoms with Crippen LogP contribution in [0.25, 0.3) is 0 Å². The van der Waals surface area contributed by atoms with Gasteiger partial charge in [0.1, 0.15) is 5.75 Å². The average Bonchev–Trinajstić information content (AvgIpc) is 2.61. The summed E-state index contributed by atoms with van der Waals surface area (Å²) in [4.78, 5) is 14.6. The first-order chi connectivity index (χ1) is 11.1. The fourth-order valence-electron chi connectivity index (χ4n) is 3.06. The molecule has 2 aromatic rings. The van der Waals surface area contributed by atoms with E-state index in [1.165, 1.54) is 5.56 Å². The first-order valence-corrected chi connectivity index (χ1v) is 8.22. The third-order valence-electron chi connectivity index (χ3n) is 4.78. The summed E-state index contributed by atoms with van der Waals surface area (Å²) in [5, 5.41) is 0. The molecule has 3 heteroatoms. The van der Waals surface area contributed by atoms with Gasteiger partial charge in [0.05, 0.1) is 7.11 Å². The van der Waals surface area contributed by atoms with E-state index in [0.717, 1.165) is 35.4 Å². The number of methoxy groups -OCH3 is 1. The van der Waals surface area contributed by atoms with E-state index in [0.29, 0.717) is 12.5 Å². The van der Waals surface area contributed by atoms with E-state index in [1.54, 1.807) is 7.11 Å². The summed E-state index contributed by atoms with van der Waals surface area (Å²) in [6.07, 6.45) is 1.97. The molecule has 1 heterocycles. The van der Waals surface area contributed by atoms with Crippen LogP contribution >= 0.6 is 0 Å². The highest BCUT2D eigenvalue weighted by atomic mass is 16.5. The van der Waals surface area contributed by atoms with E-state index in [1.807, 2.05) is 23.1 Å². The van der Waals surface area contributed by atoms with Crippen LogP contribution in [-0.4, -0.2) is 19.6 Å². The molecule has 1 atom stereocenters. The lowest BCUT2D eigenvalue weighted by Crippen LogP contribution is -2.37. The average molecular weight is 309 g/mol. The molecule has 0 saturated carbocycles.